The second-order valence-electron chi connectivity index (χ2n) is 4.34. The minimum Gasteiger partial charge on any atom is -0.367 e. The van der Waals surface area contributed by atoms with Crippen LogP contribution in [0.15, 0.2) is 43.1 Å². The van der Waals surface area contributed by atoms with Crippen LogP contribution in [0.4, 0.5) is 5.88 Å². The Hall–Kier alpha value is -1.11. The average Bonchev–Trinajstić information content (AvgIpc) is 2.95. The normalized spacial score (nSPS) is 10.9. The standard InChI is InChI=1S/C14H10Br2N2OS/c1-7-6-10(20-13(7)16)12-11(14(17)19-18-12)8-2-4-9(15)5-3-8/h2-6H,17H2,1H3. The number of hydrogen-bond donors (Lipinski definition) is 1. The molecular formula is C14H10Br2N2OS. The largest absolute Gasteiger partial charge is 0.367 e. The van der Waals surface area contributed by atoms with Crippen molar-refractivity contribution in [2.45, 2.75) is 6.92 Å². The number of thiophene rings is 1. The van der Waals surface area contributed by atoms with Crippen molar-refractivity contribution in [1.29, 1.82) is 0 Å². The van der Waals surface area contributed by atoms with E-state index in [9.17, 15) is 0 Å². The van der Waals surface area contributed by atoms with Crippen LogP contribution in [0.5, 0.6) is 0 Å². The molecule has 0 spiro atoms. The molecule has 6 heteroatoms. The average molecular weight is 414 g/mol. The van der Waals surface area contributed by atoms with Crippen molar-refractivity contribution in [1.82, 2.24) is 5.16 Å². The molecule has 3 aromatic rings. The van der Waals surface area contributed by atoms with E-state index in [1.54, 1.807) is 11.3 Å². The van der Waals surface area contributed by atoms with E-state index >= 15 is 0 Å². The molecule has 1 aromatic carbocycles. The highest BCUT2D eigenvalue weighted by Crippen LogP contribution is 2.41. The Morgan fingerprint density at radius 1 is 1.20 bits per heavy atom. The van der Waals surface area contributed by atoms with Crippen molar-refractivity contribution in [3.8, 4) is 21.7 Å². The van der Waals surface area contributed by atoms with Crippen LogP contribution in [0.2, 0.25) is 0 Å². The second kappa shape index (κ2) is 5.35. The Morgan fingerprint density at radius 3 is 2.50 bits per heavy atom. The molecule has 3 nitrogen and oxygen atoms in total. The predicted molar refractivity (Wildman–Crippen MR) is 89.8 cm³/mol. The summed E-state index contributed by atoms with van der Waals surface area (Å²) in [6.45, 7) is 2.05. The van der Waals surface area contributed by atoms with Crippen LogP contribution in [0.25, 0.3) is 21.7 Å². The van der Waals surface area contributed by atoms with E-state index in [1.807, 2.05) is 31.2 Å². The molecule has 0 aliphatic carbocycles. The molecule has 0 fully saturated rings. The van der Waals surface area contributed by atoms with Gasteiger partial charge in [0, 0.05) is 4.47 Å². The van der Waals surface area contributed by atoms with E-state index < -0.39 is 0 Å². The number of halogens is 2. The summed E-state index contributed by atoms with van der Waals surface area (Å²) in [5, 5.41) is 4.12. The minimum absolute atomic E-state index is 0.337. The number of hydrogen-bond acceptors (Lipinski definition) is 4. The maximum absolute atomic E-state index is 5.95. The topological polar surface area (TPSA) is 52.0 Å². The molecule has 0 atom stereocenters. The smallest absolute Gasteiger partial charge is 0.230 e. The Labute approximate surface area is 137 Å². The van der Waals surface area contributed by atoms with Crippen molar-refractivity contribution < 1.29 is 4.52 Å². The number of aryl methyl sites for hydroxylation is 1. The van der Waals surface area contributed by atoms with E-state index in [4.69, 9.17) is 10.3 Å². The van der Waals surface area contributed by atoms with Gasteiger partial charge in [-0.15, -0.1) is 11.3 Å². The summed E-state index contributed by atoms with van der Waals surface area (Å²) in [6.07, 6.45) is 0. The molecule has 2 aromatic heterocycles. The Bertz CT molecular complexity index is 743. The molecule has 2 heterocycles. The van der Waals surface area contributed by atoms with E-state index in [1.165, 1.54) is 5.56 Å². The van der Waals surface area contributed by atoms with E-state index in [-0.39, 0.29) is 0 Å². The lowest BCUT2D eigenvalue weighted by molar-refractivity contribution is 0.439. The lowest BCUT2D eigenvalue weighted by Gasteiger charge is -2.01. The van der Waals surface area contributed by atoms with Crippen LogP contribution in [0.3, 0.4) is 0 Å². The first-order chi connectivity index (χ1) is 9.56. The third kappa shape index (κ3) is 2.43. The van der Waals surface area contributed by atoms with E-state index in [0.29, 0.717) is 5.88 Å². The van der Waals surface area contributed by atoms with Crippen LogP contribution in [0.1, 0.15) is 5.56 Å². The van der Waals surface area contributed by atoms with Gasteiger partial charge in [-0.2, -0.15) is 0 Å². The zero-order chi connectivity index (χ0) is 14.3. The number of nitrogen functional groups attached to an aromatic ring is 1. The fraction of sp³-hybridized carbons (Fsp3) is 0.0714. The molecule has 0 radical (unpaired) electrons. The fourth-order valence-electron chi connectivity index (χ4n) is 1.94. The molecule has 3 rings (SSSR count). The van der Waals surface area contributed by atoms with Crippen LogP contribution in [0, 0.1) is 6.92 Å². The quantitative estimate of drug-likeness (QED) is 0.604. The van der Waals surface area contributed by atoms with Gasteiger partial charge in [0.2, 0.25) is 5.88 Å². The molecule has 0 saturated carbocycles. The van der Waals surface area contributed by atoms with Crippen molar-refractivity contribution >= 4 is 49.1 Å². The van der Waals surface area contributed by atoms with Gasteiger partial charge in [0.1, 0.15) is 5.69 Å². The van der Waals surface area contributed by atoms with Crippen molar-refractivity contribution in [3.63, 3.8) is 0 Å². The van der Waals surface area contributed by atoms with Crippen LogP contribution in [-0.2, 0) is 0 Å². The Morgan fingerprint density at radius 2 is 1.90 bits per heavy atom. The third-order valence-electron chi connectivity index (χ3n) is 2.94. The summed E-state index contributed by atoms with van der Waals surface area (Å²) < 4.78 is 7.31. The summed E-state index contributed by atoms with van der Waals surface area (Å²) in [5.41, 5.74) is 9.73. The molecule has 0 aliphatic rings. The zero-order valence-electron chi connectivity index (χ0n) is 10.5. The summed E-state index contributed by atoms with van der Waals surface area (Å²) in [4.78, 5) is 1.03. The minimum atomic E-state index is 0.337. The van der Waals surface area contributed by atoms with Gasteiger partial charge < -0.3 is 10.3 Å². The SMILES string of the molecule is Cc1cc(-c2noc(N)c2-c2ccc(Br)cc2)sc1Br. The molecule has 0 aliphatic heterocycles. The highest BCUT2D eigenvalue weighted by molar-refractivity contribution is 9.11. The van der Waals surface area contributed by atoms with E-state index in [2.05, 4.69) is 43.1 Å². The lowest BCUT2D eigenvalue weighted by Crippen LogP contribution is -1.86. The first kappa shape index (κ1) is 13.9. The highest BCUT2D eigenvalue weighted by atomic mass is 79.9. The van der Waals surface area contributed by atoms with Crippen molar-refractivity contribution in [2.24, 2.45) is 0 Å². The molecule has 20 heavy (non-hydrogen) atoms. The molecular weight excluding hydrogens is 404 g/mol. The van der Waals surface area contributed by atoms with Gasteiger partial charge >= 0.3 is 0 Å². The fourth-order valence-corrected chi connectivity index (χ4v) is 3.73. The number of anilines is 1. The van der Waals surface area contributed by atoms with Gasteiger partial charge in [-0.25, -0.2) is 0 Å². The number of aromatic nitrogens is 1. The lowest BCUT2D eigenvalue weighted by atomic mass is 10.0. The Kier molecular flexibility index (Phi) is 3.70. The monoisotopic (exact) mass is 412 g/mol. The van der Waals surface area contributed by atoms with Crippen molar-refractivity contribution in [3.05, 3.63) is 44.2 Å². The van der Waals surface area contributed by atoms with Gasteiger partial charge in [0.15, 0.2) is 0 Å². The third-order valence-corrected chi connectivity index (χ3v) is 5.61. The summed E-state index contributed by atoms with van der Waals surface area (Å²) in [6, 6.07) is 10.0. The number of nitrogens with zero attached hydrogens (tertiary/aromatic N) is 1. The van der Waals surface area contributed by atoms with Gasteiger partial charge in [-0.1, -0.05) is 33.2 Å². The number of rotatable bonds is 2. The maximum Gasteiger partial charge on any atom is 0.230 e. The molecule has 102 valence electrons. The van der Waals surface area contributed by atoms with Crippen LogP contribution >= 0.6 is 43.2 Å². The summed E-state index contributed by atoms with van der Waals surface area (Å²) >= 11 is 8.58. The van der Waals surface area contributed by atoms with Gasteiger partial charge in [0.05, 0.1) is 14.2 Å². The van der Waals surface area contributed by atoms with Crippen LogP contribution < -0.4 is 5.73 Å². The molecule has 0 bridgehead atoms. The van der Waals surface area contributed by atoms with Crippen molar-refractivity contribution in [2.75, 3.05) is 5.73 Å². The molecule has 0 amide bonds. The first-order valence-corrected chi connectivity index (χ1v) is 8.24. The second-order valence-corrected chi connectivity index (χ2v) is 7.63. The predicted octanol–water partition coefficient (Wildman–Crippen LogP) is 5.49. The Balaban J connectivity index is 2.16. The van der Waals surface area contributed by atoms with Gasteiger partial charge in [-0.3, -0.25) is 0 Å². The summed E-state index contributed by atoms with van der Waals surface area (Å²) in [7, 11) is 0. The molecule has 2 N–H and O–H groups in total. The van der Waals surface area contributed by atoms with Gasteiger partial charge in [0.25, 0.3) is 0 Å². The summed E-state index contributed by atoms with van der Waals surface area (Å²) in [5.74, 6) is 0.337. The first-order valence-electron chi connectivity index (χ1n) is 5.83. The molecule has 0 saturated heterocycles. The van der Waals surface area contributed by atoms with E-state index in [0.717, 1.165) is 30.0 Å². The van der Waals surface area contributed by atoms with Gasteiger partial charge in [-0.05, 0) is 52.2 Å². The van der Waals surface area contributed by atoms with Crippen LogP contribution in [-0.4, -0.2) is 5.16 Å². The molecule has 0 unspecified atom stereocenters. The number of benzene rings is 1. The highest BCUT2D eigenvalue weighted by Gasteiger charge is 2.19. The zero-order valence-corrected chi connectivity index (χ0v) is 14.5. The number of nitrogens with two attached hydrogens (primary N) is 1. The maximum atomic E-state index is 5.95.